The van der Waals surface area contributed by atoms with Gasteiger partial charge in [-0.05, 0) is 49.6 Å². The Balaban J connectivity index is 2.60. The van der Waals surface area contributed by atoms with Crippen LogP contribution in [0.3, 0.4) is 0 Å². The smallest absolute Gasteiger partial charge is 0.138 e. The van der Waals surface area contributed by atoms with Crippen molar-refractivity contribution in [3.05, 3.63) is 51.4 Å². The van der Waals surface area contributed by atoms with Gasteiger partial charge in [-0.25, -0.2) is 0 Å². The first kappa shape index (κ1) is 10.7. The molecule has 0 heterocycles. The summed E-state index contributed by atoms with van der Waals surface area (Å²) in [6, 6.07) is 13.6. The van der Waals surface area contributed by atoms with Crippen molar-refractivity contribution in [3.8, 4) is 16.9 Å². The third-order valence-electron chi connectivity index (χ3n) is 2.15. The van der Waals surface area contributed by atoms with Crippen LogP contribution in [0.2, 0.25) is 0 Å². The Hall–Kier alpha value is -0.800. The second-order valence-electron chi connectivity index (χ2n) is 3.12. The van der Waals surface area contributed by atoms with Gasteiger partial charge in [-0.15, -0.1) is 0 Å². The normalized spacial score (nSPS) is 10.3. The number of benzene rings is 2. The van der Waals surface area contributed by atoms with Crippen LogP contribution in [-0.4, -0.2) is 5.11 Å². The number of phenolic OH excluding ortho intramolecular Hbond substituents is 1. The van der Waals surface area contributed by atoms with Gasteiger partial charge < -0.3 is 5.11 Å². The van der Waals surface area contributed by atoms with Gasteiger partial charge in [0, 0.05) is 10.0 Å². The fourth-order valence-corrected chi connectivity index (χ4v) is 2.06. The molecule has 0 unspecified atom stereocenters. The molecule has 0 amide bonds. The summed E-state index contributed by atoms with van der Waals surface area (Å²) in [6.07, 6.45) is 0. The highest BCUT2D eigenvalue weighted by Crippen LogP contribution is 2.39. The highest BCUT2D eigenvalue weighted by Gasteiger charge is 2.09. The van der Waals surface area contributed by atoms with Gasteiger partial charge >= 0.3 is 0 Å². The molecule has 0 saturated heterocycles. The molecule has 0 atom stereocenters. The molecular formula is C12H8Br2O. The fourth-order valence-electron chi connectivity index (χ4n) is 1.39. The van der Waals surface area contributed by atoms with E-state index in [0.29, 0.717) is 4.47 Å². The third-order valence-corrected chi connectivity index (χ3v) is 4.15. The van der Waals surface area contributed by atoms with Crippen LogP contribution in [0.5, 0.6) is 5.75 Å². The van der Waals surface area contributed by atoms with E-state index in [0.717, 1.165) is 15.6 Å². The van der Waals surface area contributed by atoms with E-state index in [9.17, 15) is 5.11 Å². The van der Waals surface area contributed by atoms with Gasteiger partial charge in [0.25, 0.3) is 0 Å². The second-order valence-corrected chi connectivity index (χ2v) is 4.77. The molecule has 76 valence electrons. The molecule has 2 rings (SSSR count). The lowest BCUT2D eigenvalue weighted by atomic mass is 10.1. The van der Waals surface area contributed by atoms with Gasteiger partial charge in [0.05, 0.1) is 4.47 Å². The highest BCUT2D eigenvalue weighted by atomic mass is 79.9. The van der Waals surface area contributed by atoms with E-state index in [1.807, 2.05) is 42.5 Å². The van der Waals surface area contributed by atoms with Crippen LogP contribution >= 0.6 is 31.9 Å². The molecule has 15 heavy (non-hydrogen) atoms. The van der Waals surface area contributed by atoms with Crippen molar-refractivity contribution >= 4 is 31.9 Å². The lowest BCUT2D eigenvalue weighted by Crippen LogP contribution is -1.80. The summed E-state index contributed by atoms with van der Waals surface area (Å²) in [6.45, 7) is 0. The summed E-state index contributed by atoms with van der Waals surface area (Å²) in [7, 11) is 0. The van der Waals surface area contributed by atoms with Crippen LogP contribution in [0.1, 0.15) is 0 Å². The van der Waals surface area contributed by atoms with Crippen molar-refractivity contribution in [2.24, 2.45) is 0 Å². The predicted molar refractivity (Wildman–Crippen MR) is 68.9 cm³/mol. The molecule has 0 bridgehead atoms. The Kier molecular flexibility index (Phi) is 3.12. The molecule has 3 heteroatoms. The summed E-state index contributed by atoms with van der Waals surface area (Å²) in [5, 5.41) is 9.95. The first-order valence-corrected chi connectivity index (χ1v) is 6.01. The molecule has 1 N–H and O–H groups in total. The van der Waals surface area contributed by atoms with E-state index in [4.69, 9.17) is 0 Å². The van der Waals surface area contributed by atoms with Gasteiger partial charge in [-0.1, -0.05) is 30.3 Å². The minimum absolute atomic E-state index is 0.260. The van der Waals surface area contributed by atoms with Gasteiger partial charge in [-0.3, -0.25) is 0 Å². The van der Waals surface area contributed by atoms with Crippen molar-refractivity contribution in [2.75, 3.05) is 0 Å². The molecule has 0 aromatic heterocycles. The molecule has 0 aliphatic carbocycles. The van der Waals surface area contributed by atoms with Crippen LogP contribution in [0.25, 0.3) is 11.1 Å². The SMILES string of the molecule is Oc1c(-c2ccccc2)ccc(Br)c1Br. The van der Waals surface area contributed by atoms with E-state index in [2.05, 4.69) is 31.9 Å². The number of phenols is 1. The number of halogens is 2. The molecule has 0 fully saturated rings. The Morgan fingerprint density at radius 2 is 1.53 bits per heavy atom. The molecule has 0 spiro atoms. The second kappa shape index (κ2) is 4.37. The zero-order valence-corrected chi connectivity index (χ0v) is 10.9. The average Bonchev–Trinajstić information content (AvgIpc) is 2.27. The van der Waals surface area contributed by atoms with Crippen molar-refractivity contribution < 1.29 is 5.11 Å². The van der Waals surface area contributed by atoms with Crippen LogP contribution in [0.15, 0.2) is 51.4 Å². The summed E-state index contributed by atoms with van der Waals surface area (Å²) in [5.74, 6) is 0.260. The zero-order chi connectivity index (χ0) is 10.8. The molecule has 1 nitrogen and oxygen atoms in total. The van der Waals surface area contributed by atoms with Crippen LogP contribution < -0.4 is 0 Å². The van der Waals surface area contributed by atoms with E-state index in [-0.39, 0.29) is 5.75 Å². The van der Waals surface area contributed by atoms with Crippen molar-refractivity contribution in [3.63, 3.8) is 0 Å². The maximum Gasteiger partial charge on any atom is 0.138 e. The Morgan fingerprint density at radius 1 is 0.867 bits per heavy atom. The van der Waals surface area contributed by atoms with Crippen LogP contribution in [-0.2, 0) is 0 Å². The lowest BCUT2D eigenvalue weighted by molar-refractivity contribution is 0.473. The van der Waals surface area contributed by atoms with Crippen LogP contribution in [0.4, 0.5) is 0 Å². The lowest BCUT2D eigenvalue weighted by Gasteiger charge is -2.07. The molecule has 0 aliphatic rings. The van der Waals surface area contributed by atoms with E-state index >= 15 is 0 Å². The Labute approximate surface area is 105 Å². The van der Waals surface area contributed by atoms with Gasteiger partial charge in [0.15, 0.2) is 0 Å². The number of rotatable bonds is 1. The number of aromatic hydroxyl groups is 1. The van der Waals surface area contributed by atoms with Gasteiger partial charge in [-0.2, -0.15) is 0 Å². The average molecular weight is 328 g/mol. The minimum atomic E-state index is 0.260. The molecule has 2 aromatic rings. The molecule has 2 aromatic carbocycles. The molecule has 0 saturated carbocycles. The summed E-state index contributed by atoms with van der Waals surface area (Å²) in [4.78, 5) is 0. The van der Waals surface area contributed by atoms with Gasteiger partial charge in [0.2, 0.25) is 0 Å². The topological polar surface area (TPSA) is 20.2 Å². The number of hydrogen-bond donors (Lipinski definition) is 1. The molecule has 0 aliphatic heterocycles. The molecular weight excluding hydrogens is 320 g/mol. The minimum Gasteiger partial charge on any atom is -0.506 e. The quantitative estimate of drug-likeness (QED) is 0.812. The monoisotopic (exact) mass is 326 g/mol. The maximum atomic E-state index is 9.95. The first-order valence-electron chi connectivity index (χ1n) is 4.42. The van der Waals surface area contributed by atoms with E-state index in [1.54, 1.807) is 0 Å². The Bertz CT molecular complexity index is 480. The standard InChI is InChI=1S/C12H8Br2O/c13-10-7-6-9(12(15)11(10)14)8-4-2-1-3-5-8/h1-7,15H. The Morgan fingerprint density at radius 3 is 2.20 bits per heavy atom. The highest BCUT2D eigenvalue weighted by molar-refractivity contribution is 9.13. The fraction of sp³-hybridized carbons (Fsp3) is 0. The zero-order valence-electron chi connectivity index (χ0n) is 7.74. The largest absolute Gasteiger partial charge is 0.506 e. The first-order chi connectivity index (χ1) is 7.20. The van der Waals surface area contributed by atoms with E-state index in [1.165, 1.54) is 0 Å². The van der Waals surface area contributed by atoms with Crippen molar-refractivity contribution in [2.45, 2.75) is 0 Å². The number of hydrogen-bond acceptors (Lipinski definition) is 1. The predicted octanol–water partition coefficient (Wildman–Crippen LogP) is 4.58. The van der Waals surface area contributed by atoms with Gasteiger partial charge in [0.1, 0.15) is 5.75 Å². The molecule has 0 radical (unpaired) electrons. The van der Waals surface area contributed by atoms with Crippen LogP contribution in [0, 0.1) is 0 Å². The summed E-state index contributed by atoms with van der Waals surface area (Å²) in [5.41, 5.74) is 1.83. The summed E-state index contributed by atoms with van der Waals surface area (Å²) >= 11 is 6.68. The van der Waals surface area contributed by atoms with Crippen molar-refractivity contribution in [1.82, 2.24) is 0 Å². The van der Waals surface area contributed by atoms with Crippen molar-refractivity contribution in [1.29, 1.82) is 0 Å². The summed E-state index contributed by atoms with van der Waals surface area (Å²) < 4.78 is 1.53. The maximum absolute atomic E-state index is 9.95. The third kappa shape index (κ3) is 2.08. The van der Waals surface area contributed by atoms with E-state index < -0.39 is 0 Å².